The van der Waals surface area contributed by atoms with Gasteiger partial charge >= 0.3 is 0 Å². The first-order valence-corrected chi connectivity index (χ1v) is 5.84. The molecule has 2 rings (SSSR count). The van der Waals surface area contributed by atoms with Gasteiger partial charge in [-0.2, -0.15) is 0 Å². The van der Waals surface area contributed by atoms with Gasteiger partial charge in [0.25, 0.3) is 0 Å². The van der Waals surface area contributed by atoms with Gasteiger partial charge in [-0.25, -0.2) is 0 Å². The van der Waals surface area contributed by atoms with Gasteiger partial charge in [-0.3, -0.25) is 0 Å². The maximum atomic E-state index is 5.63. The van der Waals surface area contributed by atoms with Gasteiger partial charge in [0.15, 0.2) is 0 Å². The van der Waals surface area contributed by atoms with Crippen LogP contribution in [0.4, 0.5) is 0 Å². The van der Waals surface area contributed by atoms with Crippen molar-refractivity contribution in [2.45, 2.75) is 25.7 Å². The van der Waals surface area contributed by atoms with Crippen LogP contribution in [0.1, 0.15) is 31.2 Å². The summed E-state index contributed by atoms with van der Waals surface area (Å²) in [5, 5.41) is 3.49. The first kappa shape index (κ1) is 10.5. The lowest BCUT2D eigenvalue weighted by Gasteiger charge is -2.26. The highest BCUT2D eigenvalue weighted by Crippen LogP contribution is 2.32. The molecule has 0 saturated carbocycles. The van der Waals surface area contributed by atoms with E-state index in [1.165, 1.54) is 12.0 Å². The van der Waals surface area contributed by atoms with Gasteiger partial charge in [0.2, 0.25) is 0 Å². The van der Waals surface area contributed by atoms with Crippen LogP contribution in [-0.4, -0.2) is 19.7 Å². The Morgan fingerprint density at radius 1 is 1.40 bits per heavy atom. The van der Waals surface area contributed by atoms with Crippen LogP contribution in [0, 0.1) is 0 Å². The fourth-order valence-corrected chi connectivity index (χ4v) is 2.08. The molecule has 15 heavy (non-hydrogen) atoms. The number of benzene rings is 1. The second kappa shape index (κ2) is 5.17. The van der Waals surface area contributed by atoms with Crippen LogP contribution in [0.3, 0.4) is 0 Å². The van der Waals surface area contributed by atoms with Crippen LogP contribution in [0.25, 0.3) is 0 Å². The monoisotopic (exact) mass is 205 g/mol. The number of hydrogen-bond acceptors (Lipinski definition) is 2. The van der Waals surface area contributed by atoms with E-state index in [1.807, 2.05) is 6.07 Å². The summed E-state index contributed by atoms with van der Waals surface area (Å²) in [4.78, 5) is 0. The minimum atomic E-state index is 0.626. The molecule has 0 saturated heterocycles. The smallest absolute Gasteiger partial charge is 0.122 e. The minimum absolute atomic E-state index is 0.626. The maximum absolute atomic E-state index is 5.63. The van der Waals surface area contributed by atoms with E-state index in [-0.39, 0.29) is 0 Å². The molecule has 1 N–H and O–H groups in total. The Kier molecular flexibility index (Phi) is 3.62. The summed E-state index contributed by atoms with van der Waals surface area (Å²) in [6.45, 7) is 5.24. The average molecular weight is 205 g/mol. The predicted octanol–water partition coefficient (Wildman–Crippen LogP) is 2.55. The van der Waals surface area contributed by atoms with E-state index in [4.69, 9.17) is 4.74 Å². The van der Waals surface area contributed by atoms with Crippen molar-refractivity contribution in [3.05, 3.63) is 29.8 Å². The van der Waals surface area contributed by atoms with Crippen LogP contribution >= 0.6 is 0 Å². The molecule has 1 heterocycles. The molecule has 0 fully saturated rings. The molecule has 1 unspecified atom stereocenters. The Hall–Kier alpha value is -1.02. The lowest BCUT2D eigenvalue weighted by atomic mass is 9.93. The average Bonchev–Trinajstić information content (AvgIpc) is 2.30. The molecule has 0 aromatic heterocycles. The van der Waals surface area contributed by atoms with E-state index in [0.29, 0.717) is 5.92 Å². The van der Waals surface area contributed by atoms with Crippen LogP contribution < -0.4 is 10.1 Å². The van der Waals surface area contributed by atoms with Crippen molar-refractivity contribution < 1.29 is 4.74 Å². The van der Waals surface area contributed by atoms with Crippen molar-refractivity contribution in [3.63, 3.8) is 0 Å². The lowest BCUT2D eigenvalue weighted by molar-refractivity contribution is 0.265. The summed E-state index contributed by atoms with van der Waals surface area (Å²) < 4.78 is 5.63. The highest BCUT2D eigenvalue weighted by molar-refractivity contribution is 5.37. The Morgan fingerprint density at radius 2 is 2.27 bits per heavy atom. The van der Waals surface area contributed by atoms with Crippen molar-refractivity contribution in [1.29, 1.82) is 0 Å². The minimum Gasteiger partial charge on any atom is -0.493 e. The summed E-state index contributed by atoms with van der Waals surface area (Å²) in [7, 11) is 0. The van der Waals surface area contributed by atoms with E-state index >= 15 is 0 Å². The van der Waals surface area contributed by atoms with Crippen molar-refractivity contribution in [2.24, 2.45) is 0 Å². The molecule has 0 spiro atoms. The number of para-hydroxylation sites is 1. The second-order valence-electron chi connectivity index (χ2n) is 4.08. The maximum Gasteiger partial charge on any atom is 0.122 e. The first-order chi connectivity index (χ1) is 7.42. The van der Waals surface area contributed by atoms with E-state index in [0.717, 1.165) is 31.9 Å². The van der Waals surface area contributed by atoms with Crippen molar-refractivity contribution in [2.75, 3.05) is 19.7 Å². The summed E-state index contributed by atoms with van der Waals surface area (Å²) in [6, 6.07) is 8.40. The topological polar surface area (TPSA) is 21.3 Å². The van der Waals surface area contributed by atoms with Crippen molar-refractivity contribution in [3.8, 4) is 5.75 Å². The quantitative estimate of drug-likeness (QED) is 0.763. The molecular formula is C13H19NO. The zero-order valence-electron chi connectivity index (χ0n) is 9.33. The summed E-state index contributed by atoms with van der Waals surface area (Å²) in [5.74, 6) is 1.70. The van der Waals surface area contributed by atoms with Gasteiger partial charge in [-0.1, -0.05) is 25.1 Å². The second-order valence-corrected chi connectivity index (χ2v) is 4.08. The lowest BCUT2D eigenvalue weighted by Crippen LogP contribution is -2.26. The third kappa shape index (κ3) is 2.51. The highest BCUT2D eigenvalue weighted by Gasteiger charge is 2.19. The Balaban J connectivity index is 2.02. The SMILES string of the molecule is CCCNCC1CCOc2ccccc21. The largest absolute Gasteiger partial charge is 0.493 e. The van der Waals surface area contributed by atoms with E-state index in [1.54, 1.807) is 0 Å². The van der Waals surface area contributed by atoms with E-state index in [2.05, 4.69) is 30.4 Å². The number of nitrogens with one attached hydrogen (secondary N) is 1. The van der Waals surface area contributed by atoms with Gasteiger partial charge in [-0.15, -0.1) is 0 Å². The van der Waals surface area contributed by atoms with Crippen LogP contribution in [0.5, 0.6) is 5.75 Å². The van der Waals surface area contributed by atoms with Crippen molar-refractivity contribution in [1.82, 2.24) is 5.32 Å². The number of fused-ring (bicyclic) bond motifs is 1. The zero-order valence-corrected chi connectivity index (χ0v) is 9.33. The van der Waals surface area contributed by atoms with Gasteiger partial charge in [-0.05, 0) is 31.0 Å². The molecular weight excluding hydrogens is 186 g/mol. The number of ether oxygens (including phenoxy) is 1. The normalized spacial score (nSPS) is 19.4. The summed E-state index contributed by atoms with van der Waals surface area (Å²) in [5.41, 5.74) is 1.37. The van der Waals surface area contributed by atoms with Crippen LogP contribution in [0.2, 0.25) is 0 Å². The molecule has 1 aromatic carbocycles. The zero-order chi connectivity index (χ0) is 10.5. The molecule has 2 heteroatoms. The fraction of sp³-hybridized carbons (Fsp3) is 0.538. The van der Waals surface area contributed by atoms with E-state index < -0.39 is 0 Å². The van der Waals surface area contributed by atoms with Gasteiger partial charge in [0.1, 0.15) is 5.75 Å². The van der Waals surface area contributed by atoms with Gasteiger partial charge in [0, 0.05) is 12.5 Å². The van der Waals surface area contributed by atoms with E-state index in [9.17, 15) is 0 Å². The standard InChI is InChI=1S/C13H19NO/c1-2-8-14-10-11-7-9-15-13-6-4-3-5-12(11)13/h3-6,11,14H,2,7-10H2,1H3. The molecule has 1 aliphatic rings. The Bertz CT molecular complexity index is 311. The highest BCUT2D eigenvalue weighted by atomic mass is 16.5. The first-order valence-electron chi connectivity index (χ1n) is 5.84. The molecule has 2 nitrogen and oxygen atoms in total. The number of rotatable bonds is 4. The summed E-state index contributed by atoms with van der Waals surface area (Å²) >= 11 is 0. The molecule has 0 aliphatic carbocycles. The Morgan fingerprint density at radius 3 is 3.13 bits per heavy atom. The predicted molar refractivity (Wildman–Crippen MR) is 62.5 cm³/mol. The molecule has 1 aromatic rings. The molecule has 1 atom stereocenters. The van der Waals surface area contributed by atoms with Crippen molar-refractivity contribution >= 4 is 0 Å². The van der Waals surface area contributed by atoms with Gasteiger partial charge in [0.05, 0.1) is 6.61 Å². The van der Waals surface area contributed by atoms with Crippen LogP contribution in [-0.2, 0) is 0 Å². The molecule has 1 aliphatic heterocycles. The molecule has 0 amide bonds. The molecule has 0 radical (unpaired) electrons. The molecule has 82 valence electrons. The van der Waals surface area contributed by atoms with Crippen LogP contribution in [0.15, 0.2) is 24.3 Å². The molecule has 0 bridgehead atoms. The Labute approximate surface area is 91.6 Å². The third-order valence-electron chi connectivity index (χ3n) is 2.90. The van der Waals surface area contributed by atoms with Gasteiger partial charge < -0.3 is 10.1 Å². The fourth-order valence-electron chi connectivity index (χ4n) is 2.08. The number of hydrogen-bond donors (Lipinski definition) is 1. The third-order valence-corrected chi connectivity index (χ3v) is 2.90. The summed E-state index contributed by atoms with van der Waals surface area (Å²) in [6.07, 6.45) is 2.33.